The summed E-state index contributed by atoms with van der Waals surface area (Å²) in [5.41, 5.74) is 1.12. The van der Waals surface area contributed by atoms with Gasteiger partial charge in [-0.15, -0.1) is 0 Å². The maximum atomic E-state index is 6.03. The van der Waals surface area contributed by atoms with Gasteiger partial charge in [0.25, 0.3) is 0 Å². The highest BCUT2D eigenvalue weighted by Crippen LogP contribution is 2.24. The summed E-state index contributed by atoms with van der Waals surface area (Å²) in [6, 6.07) is 6.05. The molecule has 0 spiro atoms. The Bertz CT molecular complexity index is 371. The smallest absolute Gasteiger partial charge is 0.122 e. The Morgan fingerprint density at radius 2 is 2.06 bits per heavy atom. The Balaban J connectivity index is 2.77. The van der Waals surface area contributed by atoms with Crippen molar-refractivity contribution in [2.45, 2.75) is 31.9 Å². The number of methoxy groups -OCH3 is 2. The average Bonchev–Trinajstić information content (AvgIpc) is 2.38. The largest absolute Gasteiger partial charge is 0.496 e. The van der Waals surface area contributed by atoms with Crippen LogP contribution in [-0.4, -0.2) is 33.4 Å². The fourth-order valence-corrected chi connectivity index (χ4v) is 2.17. The van der Waals surface area contributed by atoms with E-state index in [1.165, 1.54) is 0 Å². The lowest BCUT2D eigenvalue weighted by molar-refractivity contribution is 0.101. The number of likely N-dealkylation sites (N-methyl/N-ethyl adjacent to an activating group) is 1. The van der Waals surface area contributed by atoms with Crippen molar-refractivity contribution in [3.05, 3.63) is 28.8 Å². The zero-order chi connectivity index (χ0) is 13.5. The quantitative estimate of drug-likeness (QED) is 0.827. The summed E-state index contributed by atoms with van der Waals surface area (Å²) in [7, 11) is 5.38. The summed E-state index contributed by atoms with van der Waals surface area (Å²) in [5, 5.41) is 4.04. The Kier molecular flexibility index (Phi) is 6.47. The normalized spacial score (nSPS) is 14.3. The lowest BCUT2D eigenvalue weighted by Gasteiger charge is -2.21. The molecule has 0 aliphatic heterocycles. The highest BCUT2D eigenvalue weighted by molar-refractivity contribution is 6.30. The fraction of sp³-hybridized carbons (Fsp3) is 0.571. The van der Waals surface area contributed by atoms with E-state index in [1.54, 1.807) is 14.2 Å². The molecule has 0 heterocycles. The zero-order valence-electron chi connectivity index (χ0n) is 11.5. The molecule has 2 atom stereocenters. The van der Waals surface area contributed by atoms with Crippen LogP contribution in [0.2, 0.25) is 5.02 Å². The number of hydrogen-bond donors (Lipinski definition) is 1. The molecule has 1 aromatic rings. The van der Waals surface area contributed by atoms with Crippen molar-refractivity contribution in [2.75, 3.05) is 21.3 Å². The Labute approximate surface area is 114 Å². The minimum absolute atomic E-state index is 0.229. The fourth-order valence-electron chi connectivity index (χ4n) is 1.97. The van der Waals surface area contributed by atoms with E-state index >= 15 is 0 Å². The third kappa shape index (κ3) is 4.48. The van der Waals surface area contributed by atoms with Crippen LogP contribution in [0.4, 0.5) is 0 Å². The Morgan fingerprint density at radius 3 is 2.61 bits per heavy atom. The van der Waals surface area contributed by atoms with Crippen LogP contribution in [0, 0.1) is 0 Å². The van der Waals surface area contributed by atoms with Gasteiger partial charge in [0, 0.05) is 18.2 Å². The van der Waals surface area contributed by atoms with Crippen LogP contribution in [0.25, 0.3) is 0 Å². The molecule has 1 rings (SSSR count). The summed E-state index contributed by atoms with van der Waals surface area (Å²) in [5.74, 6) is 0.879. The van der Waals surface area contributed by atoms with Gasteiger partial charge in [-0.3, -0.25) is 0 Å². The van der Waals surface area contributed by atoms with Gasteiger partial charge in [-0.1, -0.05) is 11.6 Å². The van der Waals surface area contributed by atoms with Crippen LogP contribution >= 0.6 is 11.6 Å². The zero-order valence-corrected chi connectivity index (χ0v) is 12.3. The minimum atomic E-state index is 0.229. The van der Waals surface area contributed by atoms with Gasteiger partial charge in [-0.2, -0.15) is 0 Å². The summed E-state index contributed by atoms with van der Waals surface area (Å²) >= 11 is 6.03. The van der Waals surface area contributed by atoms with Crippen molar-refractivity contribution in [3.8, 4) is 5.75 Å². The maximum absolute atomic E-state index is 6.03. The van der Waals surface area contributed by atoms with Gasteiger partial charge >= 0.3 is 0 Å². The molecule has 0 aliphatic rings. The molecule has 0 aromatic heterocycles. The molecule has 0 saturated carbocycles. The Hall–Kier alpha value is -0.770. The molecule has 0 amide bonds. The van der Waals surface area contributed by atoms with Crippen LogP contribution in [0.3, 0.4) is 0 Å². The molecule has 0 saturated heterocycles. The van der Waals surface area contributed by atoms with Gasteiger partial charge in [-0.25, -0.2) is 0 Å². The molecule has 0 aliphatic carbocycles. The summed E-state index contributed by atoms with van der Waals surface area (Å²) in [4.78, 5) is 0. The first-order valence-corrected chi connectivity index (χ1v) is 6.51. The summed E-state index contributed by atoms with van der Waals surface area (Å²) in [6.45, 7) is 2.07. The molecule has 0 bridgehead atoms. The van der Waals surface area contributed by atoms with E-state index in [0.29, 0.717) is 6.04 Å². The summed E-state index contributed by atoms with van der Waals surface area (Å²) < 4.78 is 10.7. The average molecular weight is 272 g/mol. The SMILES string of the molecule is CNC(Cc1cc(Cl)ccc1OC)CC(C)OC. The first kappa shape index (κ1) is 15.3. The summed E-state index contributed by atoms with van der Waals surface area (Å²) in [6.07, 6.45) is 2.05. The third-order valence-electron chi connectivity index (χ3n) is 3.14. The topological polar surface area (TPSA) is 30.5 Å². The predicted octanol–water partition coefficient (Wildman–Crippen LogP) is 2.90. The molecule has 0 radical (unpaired) electrons. The second-order valence-corrected chi connectivity index (χ2v) is 4.86. The first-order chi connectivity index (χ1) is 8.60. The van der Waals surface area contributed by atoms with E-state index in [-0.39, 0.29) is 6.10 Å². The molecular formula is C14H22ClNO2. The van der Waals surface area contributed by atoms with E-state index < -0.39 is 0 Å². The molecule has 4 heteroatoms. The van der Waals surface area contributed by atoms with Gasteiger partial charge < -0.3 is 14.8 Å². The molecule has 2 unspecified atom stereocenters. The molecule has 0 fully saturated rings. The van der Waals surface area contributed by atoms with Crippen molar-refractivity contribution >= 4 is 11.6 Å². The monoisotopic (exact) mass is 271 g/mol. The lowest BCUT2D eigenvalue weighted by Crippen LogP contribution is -2.31. The van der Waals surface area contributed by atoms with Crippen molar-refractivity contribution in [2.24, 2.45) is 0 Å². The molecule has 1 N–H and O–H groups in total. The molecule has 18 heavy (non-hydrogen) atoms. The van der Waals surface area contributed by atoms with Crippen LogP contribution in [0.1, 0.15) is 18.9 Å². The van der Waals surface area contributed by atoms with Gasteiger partial charge in [0.2, 0.25) is 0 Å². The van der Waals surface area contributed by atoms with E-state index in [1.807, 2.05) is 25.2 Å². The van der Waals surface area contributed by atoms with E-state index in [4.69, 9.17) is 21.1 Å². The molecule has 3 nitrogen and oxygen atoms in total. The number of rotatable bonds is 7. The van der Waals surface area contributed by atoms with Gasteiger partial charge in [0.05, 0.1) is 13.2 Å². The van der Waals surface area contributed by atoms with E-state index in [9.17, 15) is 0 Å². The second-order valence-electron chi connectivity index (χ2n) is 4.43. The van der Waals surface area contributed by atoms with Crippen LogP contribution in [0.5, 0.6) is 5.75 Å². The maximum Gasteiger partial charge on any atom is 0.122 e. The minimum Gasteiger partial charge on any atom is -0.496 e. The van der Waals surface area contributed by atoms with Crippen molar-refractivity contribution in [1.29, 1.82) is 0 Å². The molecule has 1 aromatic carbocycles. The first-order valence-electron chi connectivity index (χ1n) is 6.13. The second kappa shape index (κ2) is 7.62. The number of nitrogens with one attached hydrogen (secondary N) is 1. The van der Waals surface area contributed by atoms with E-state index in [2.05, 4.69) is 12.2 Å². The molecule has 102 valence electrons. The standard InChI is InChI=1S/C14H22ClNO2/c1-10(17-3)7-13(16-2)9-11-8-12(15)5-6-14(11)18-4/h5-6,8,10,13,16H,7,9H2,1-4H3. The number of halogens is 1. The number of benzene rings is 1. The highest BCUT2D eigenvalue weighted by Gasteiger charge is 2.14. The highest BCUT2D eigenvalue weighted by atomic mass is 35.5. The van der Waals surface area contributed by atoms with Gasteiger partial charge in [0.15, 0.2) is 0 Å². The van der Waals surface area contributed by atoms with Crippen molar-refractivity contribution in [3.63, 3.8) is 0 Å². The van der Waals surface area contributed by atoms with E-state index in [0.717, 1.165) is 29.2 Å². The van der Waals surface area contributed by atoms with Gasteiger partial charge in [-0.05, 0) is 50.6 Å². The lowest BCUT2D eigenvalue weighted by atomic mass is 10.0. The number of ether oxygens (including phenoxy) is 2. The Morgan fingerprint density at radius 1 is 1.33 bits per heavy atom. The van der Waals surface area contributed by atoms with Crippen molar-refractivity contribution in [1.82, 2.24) is 5.32 Å². The van der Waals surface area contributed by atoms with Crippen LogP contribution in [0.15, 0.2) is 18.2 Å². The van der Waals surface area contributed by atoms with Crippen molar-refractivity contribution < 1.29 is 9.47 Å². The molecular weight excluding hydrogens is 250 g/mol. The predicted molar refractivity (Wildman–Crippen MR) is 75.6 cm³/mol. The van der Waals surface area contributed by atoms with Crippen LogP contribution in [-0.2, 0) is 11.2 Å². The number of hydrogen-bond acceptors (Lipinski definition) is 3. The van der Waals surface area contributed by atoms with Crippen LogP contribution < -0.4 is 10.1 Å². The van der Waals surface area contributed by atoms with Gasteiger partial charge in [0.1, 0.15) is 5.75 Å². The third-order valence-corrected chi connectivity index (χ3v) is 3.37.